The van der Waals surface area contributed by atoms with Crippen molar-refractivity contribution in [2.75, 3.05) is 31.6 Å². The highest BCUT2D eigenvalue weighted by Gasteiger charge is 2.29. The second kappa shape index (κ2) is 13.8. The maximum Gasteiger partial charge on any atom is 0.422 e. The number of phenols is 1. The van der Waals surface area contributed by atoms with Crippen LogP contribution >= 0.6 is 0 Å². The van der Waals surface area contributed by atoms with E-state index in [0.29, 0.717) is 25.1 Å². The van der Waals surface area contributed by atoms with Gasteiger partial charge in [0, 0.05) is 26.1 Å². The largest absolute Gasteiger partial charge is 0.508 e. The molecule has 2 heterocycles. The van der Waals surface area contributed by atoms with E-state index in [9.17, 15) is 27.9 Å². The molecule has 1 aliphatic rings. The number of aromatic nitrogens is 3. The van der Waals surface area contributed by atoms with Crippen LogP contribution in [0.5, 0.6) is 11.8 Å². The highest BCUT2D eigenvalue weighted by atomic mass is 19.4. The van der Waals surface area contributed by atoms with Crippen LogP contribution in [0.2, 0.25) is 0 Å². The molecule has 4 N–H and O–H groups in total. The summed E-state index contributed by atoms with van der Waals surface area (Å²) in [5, 5.41) is 17.7. The number of aromatic hydroxyl groups is 1. The predicted octanol–water partition coefficient (Wildman–Crippen LogP) is 3.08. The molecular formula is C26H32F3N7O5. The van der Waals surface area contributed by atoms with Crippen molar-refractivity contribution in [1.29, 1.82) is 0 Å². The summed E-state index contributed by atoms with van der Waals surface area (Å²) in [6.45, 7) is 4.71. The number of benzene rings is 1. The first-order valence-corrected chi connectivity index (χ1v) is 12.7. The zero-order valence-electron chi connectivity index (χ0n) is 22.8. The second-order valence-electron chi connectivity index (χ2n) is 10.0. The number of amides is 2. The Morgan fingerprint density at radius 2 is 1.73 bits per heavy atom. The number of ether oxygens (including phenoxy) is 2. The summed E-state index contributed by atoms with van der Waals surface area (Å²) in [6.07, 6.45) is -2.99. The van der Waals surface area contributed by atoms with E-state index in [1.165, 1.54) is 12.1 Å². The summed E-state index contributed by atoms with van der Waals surface area (Å²) in [5.41, 5.74) is 1.02. The van der Waals surface area contributed by atoms with Crippen LogP contribution in [0.3, 0.4) is 0 Å². The van der Waals surface area contributed by atoms with Gasteiger partial charge in [-0.25, -0.2) is 4.79 Å². The normalized spacial score (nSPS) is 13.2. The first-order chi connectivity index (χ1) is 19.3. The van der Waals surface area contributed by atoms with E-state index in [0.717, 1.165) is 5.56 Å². The molecule has 0 saturated heterocycles. The van der Waals surface area contributed by atoms with Crippen LogP contribution in [-0.2, 0) is 22.5 Å². The molecule has 3 rings (SSSR count). The molecule has 0 atom stereocenters. The van der Waals surface area contributed by atoms with Gasteiger partial charge in [-0.1, -0.05) is 12.1 Å². The van der Waals surface area contributed by atoms with Gasteiger partial charge in [-0.05, 0) is 56.5 Å². The van der Waals surface area contributed by atoms with Crippen molar-refractivity contribution in [2.45, 2.75) is 51.9 Å². The van der Waals surface area contributed by atoms with Gasteiger partial charge in [0.05, 0.1) is 6.54 Å². The molecule has 0 aliphatic carbocycles. The lowest BCUT2D eigenvalue weighted by Gasteiger charge is -2.19. The lowest BCUT2D eigenvalue weighted by atomic mass is 10.1. The maximum atomic E-state index is 12.7. The van der Waals surface area contributed by atoms with Crippen LogP contribution in [0.1, 0.15) is 38.6 Å². The van der Waals surface area contributed by atoms with Crippen molar-refractivity contribution in [3.63, 3.8) is 0 Å². The predicted molar refractivity (Wildman–Crippen MR) is 143 cm³/mol. The lowest BCUT2D eigenvalue weighted by molar-refractivity contribution is -0.154. The molecule has 2 aromatic rings. The summed E-state index contributed by atoms with van der Waals surface area (Å²) in [6, 6.07) is 5.81. The number of carbonyl (C=O) groups is 2. The number of phenolic OH excluding ortho intramolecular Hbond substituents is 1. The van der Waals surface area contributed by atoms with Gasteiger partial charge >= 0.3 is 18.3 Å². The summed E-state index contributed by atoms with van der Waals surface area (Å²) in [4.78, 5) is 40.5. The number of halogens is 3. The number of aliphatic imine (C=N–C) groups is 1. The number of nitrogens with one attached hydrogen (secondary N) is 3. The number of carbonyl (C=O) groups excluding carboxylic acids is 2. The molecule has 0 saturated carbocycles. The number of alkyl halides is 3. The van der Waals surface area contributed by atoms with Gasteiger partial charge in [0.1, 0.15) is 22.9 Å². The smallest absolute Gasteiger partial charge is 0.422 e. The molecular weight excluding hydrogens is 547 g/mol. The molecule has 222 valence electrons. The van der Waals surface area contributed by atoms with E-state index in [-0.39, 0.29) is 42.7 Å². The highest BCUT2D eigenvalue weighted by Crippen LogP contribution is 2.19. The Morgan fingerprint density at radius 1 is 1.02 bits per heavy atom. The average molecular weight is 580 g/mol. The Morgan fingerprint density at radius 3 is 2.41 bits per heavy atom. The summed E-state index contributed by atoms with van der Waals surface area (Å²) >= 11 is 0. The van der Waals surface area contributed by atoms with Gasteiger partial charge in [0.15, 0.2) is 6.61 Å². The molecule has 0 fully saturated rings. The fraction of sp³-hybridized carbons (Fsp3) is 0.462. The molecule has 1 aliphatic heterocycles. The number of anilines is 1. The Kier molecular flexibility index (Phi) is 10.4. The number of nitrogens with zero attached hydrogens (tertiary/aromatic N) is 4. The van der Waals surface area contributed by atoms with Crippen molar-refractivity contribution < 1.29 is 37.3 Å². The minimum Gasteiger partial charge on any atom is -0.508 e. The van der Waals surface area contributed by atoms with Crippen molar-refractivity contribution in [2.24, 2.45) is 4.99 Å². The topological polar surface area (TPSA) is 160 Å². The Hall–Kier alpha value is -4.43. The van der Waals surface area contributed by atoms with Gasteiger partial charge in [-0.3, -0.25) is 9.79 Å². The minimum atomic E-state index is -4.58. The van der Waals surface area contributed by atoms with Crippen molar-refractivity contribution in [3.05, 3.63) is 47.3 Å². The lowest BCUT2D eigenvalue weighted by Crippen LogP contribution is -2.35. The molecule has 41 heavy (non-hydrogen) atoms. The van der Waals surface area contributed by atoms with Gasteiger partial charge in [0.25, 0.3) is 5.91 Å². The van der Waals surface area contributed by atoms with Crippen LogP contribution in [-0.4, -0.2) is 75.8 Å². The summed E-state index contributed by atoms with van der Waals surface area (Å²) < 4.78 is 48.0. The first kappa shape index (κ1) is 31.1. The number of hydrogen-bond donors (Lipinski definition) is 4. The minimum absolute atomic E-state index is 0.00211. The third kappa shape index (κ3) is 11.7. The number of hydrogen-bond acceptors (Lipinski definition) is 10. The fourth-order valence-electron chi connectivity index (χ4n) is 3.37. The molecule has 15 heteroatoms. The highest BCUT2D eigenvalue weighted by molar-refractivity contribution is 6.44. The third-order valence-electron chi connectivity index (χ3n) is 5.13. The summed E-state index contributed by atoms with van der Waals surface area (Å²) in [7, 11) is 0. The molecule has 1 aromatic carbocycles. The van der Waals surface area contributed by atoms with Crippen LogP contribution in [0, 0.1) is 0 Å². The van der Waals surface area contributed by atoms with E-state index in [1.807, 2.05) is 0 Å². The third-order valence-corrected chi connectivity index (χ3v) is 5.13. The Labute approximate surface area is 234 Å². The standard InChI is InChI=1S/C26H32F3N7O5/c1-25(2,3)41-24(39)31-10-4-9-30-21(38)19-11-17(14-32-19)12-20-34-22(33-13-16-5-7-18(37)8-6-16)36-23(35-20)40-15-26(27,28)29/h5-8,11,37H,4,9-10,12-15H2,1-3H3,(H,30,38)(H,31,39)(H,33,34,35,36). The molecule has 1 aromatic heterocycles. The zero-order chi connectivity index (χ0) is 30.0. The number of alkyl carbamates (subject to hydrolysis) is 1. The Balaban J connectivity index is 1.56. The molecule has 2 amide bonds. The zero-order valence-corrected chi connectivity index (χ0v) is 22.8. The SMILES string of the molecule is CC(C)(C)OC(=O)NCCCNC(=O)C1=NCC(Cc2nc(NCc3ccc(O)cc3)nc(OCC(F)(F)F)n2)=C1. The maximum absolute atomic E-state index is 12.7. The van der Waals surface area contributed by atoms with Gasteiger partial charge in [0.2, 0.25) is 5.95 Å². The van der Waals surface area contributed by atoms with E-state index in [2.05, 4.69) is 35.9 Å². The van der Waals surface area contributed by atoms with Crippen molar-refractivity contribution in [1.82, 2.24) is 25.6 Å². The monoisotopic (exact) mass is 579 g/mol. The van der Waals surface area contributed by atoms with E-state index in [4.69, 9.17) is 9.47 Å². The van der Waals surface area contributed by atoms with E-state index < -0.39 is 36.4 Å². The van der Waals surface area contributed by atoms with E-state index in [1.54, 1.807) is 39.0 Å². The molecule has 12 nitrogen and oxygen atoms in total. The van der Waals surface area contributed by atoms with E-state index >= 15 is 0 Å². The van der Waals surface area contributed by atoms with Gasteiger partial charge in [-0.15, -0.1) is 0 Å². The van der Waals surface area contributed by atoms with Gasteiger partial charge < -0.3 is 30.5 Å². The fourth-order valence-corrected chi connectivity index (χ4v) is 3.37. The van der Waals surface area contributed by atoms with Crippen LogP contribution in [0.4, 0.5) is 23.9 Å². The van der Waals surface area contributed by atoms with Gasteiger partial charge in [-0.2, -0.15) is 28.1 Å². The quantitative estimate of drug-likeness (QED) is 0.277. The van der Waals surface area contributed by atoms with Crippen LogP contribution in [0.15, 0.2) is 40.9 Å². The van der Waals surface area contributed by atoms with Crippen molar-refractivity contribution >= 4 is 23.7 Å². The number of rotatable bonds is 12. The Bertz CT molecular complexity index is 1280. The molecule has 0 radical (unpaired) electrons. The van der Waals surface area contributed by atoms with Crippen LogP contribution in [0.25, 0.3) is 0 Å². The van der Waals surface area contributed by atoms with Crippen molar-refractivity contribution in [3.8, 4) is 11.8 Å². The molecule has 0 unspecified atom stereocenters. The molecule has 0 bridgehead atoms. The van der Waals surface area contributed by atoms with Crippen LogP contribution < -0.4 is 20.7 Å². The average Bonchev–Trinajstić information content (AvgIpc) is 3.34. The second-order valence-corrected chi connectivity index (χ2v) is 10.0. The summed E-state index contributed by atoms with van der Waals surface area (Å²) in [5.74, 6) is -0.188. The molecule has 0 spiro atoms. The first-order valence-electron chi connectivity index (χ1n) is 12.7.